The van der Waals surface area contributed by atoms with Crippen LogP contribution in [0, 0.1) is 19.7 Å². The molecule has 1 atom stereocenters. The zero-order chi connectivity index (χ0) is 30.3. The van der Waals surface area contributed by atoms with Gasteiger partial charge in [-0.15, -0.1) is 11.8 Å². The average Bonchev–Trinajstić information content (AvgIpc) is 3.43. The van der Waals surface area contributed by atoms with Gasteiger partial charge >= 0.3 is 12.1 Å². The molecule has 1 N–H and O–H groups in total. The zero-order valence-electron chi connectivity index (χ0n) is 23.6. The molecule has 0 aromatic heterocycles. The fourth-order valence-electron chi connectivity index (χ4n) is 4.28. The van der Waals surface area contributed by atoms with Gasteiger partial charge < -0.3 is 19.5 Å². The number of likely N-dealkylation sites (tertiary alicyclic amines) is 1. The number of hydrogen-bond acceptors (Lipinski definition) is 6. The van der Waals surface area contributed by atoms with E-state index >= 15 is 0 Å². The van der Waals surface area contributed by atoms with Crippen molar-refractivity contribution in [3.05, 3.63) is 87.7 Å². The lowest BCUT2D eigenvalue weighted by Crippen LogP contribution is -2.38. The second-order valence-corrected chi connectivity index (χ2v) is 11.5. The molecule has 0 saturated carbocycles. The number of aryl methyl sites for hydroxylation is 2. The van der Waals surface area contributed by atoms with Crippen LogP contribution in [0.4, 0.5) is 9.18 Å². The molecule has 0 bridgehead atoms. The van der Waals surface area contributed by atoms with Crippen molar-refractivity contribution < 1.29 is 33.4 Å². The van der Waals surface area contributed by atoms with Gasteiger partial charge in [0, 0.05) is 34.5 Å². The lowest BCUT2D eigenvalue weighted by molar-refractivity contribution is -0.152. The third kappa shape index (κ3) is 8.47. The van der Waals surface area contributed by atoms with Crippen molar-refractivity contribution >= 4 is 41.7 Å². The molecular weight excluding hydrogens is 569 g/mol. The van der Waals surface area contributed by atoms with E-state index in [2.05, 4.69) is 0 Å². The molecule has 1 saturated heterocycles. The Balaban J connectivity index is 0.000000389. The van der Waals surface area contributed by atoms with Crippen LogP contribution in [0.1, 0.15) is 53.2 Å². The molecule has 7 nitrogen and oxygen atoms in total. The summed E-state index contributed by atoms with van der Waals surface area (Å²) >= 11 is 7.40. The maximum Gasteiger partial charge on any atom is 0.415 e. The molecular formula is C31H33ClFNO6S. The maximum absolute atomic E-state index is 13.9. The Morgan fingerprint density at radius 2 is 1.73 bits per heavy atom. The first-order valence-electron chi connectivity index (χ1n) is 12.9. The van der Waals surface area contributed by atoms with Crippen LogP contribution in [0.25, 0.3) is 0 Å². The summed E-state index contributed by atoms with van der Waals surface area (Å²) in [5.74, 6) is -1.27. The summed E-state index contributed by atoms with van der Waals surface area (Å²) in [4.78, 5) is 36.8. The number of carboxylic acid groups (broad SMARTS) is 1. The smallest absolute Gasteiger partial charge is 0.415 e. The third-order valence-corrected chi connectivity index (χ3v) is 7.59. The van der Waals surface area contributed by atoms with Crippen molar-refractivity contribution in [2.75, 3.05) is 19.3 Å². The van der Waals surface area contributed by atoms with Crippen molar-refractivity contribution in [3.63, 3.8) is 0 Å². The predicted molar refractivity (Wildman–Crippen MR) is 158 cm³/mol. The van der Waals surface area contributed by atoms with Crippen LogP contribution < -0.4 is 9.47 Å². The van der Waals surface area contributed by atoms with E-state index in [9.17, 15) is 23.9 Å². The molecule has 0 spiro atoms. The Morgan fingerprint density at radius 1 is 1.10 bits per heavy atom. The standard InChI is InChI=1S/C23H25ClFNO5.C8H8OS/c1-13-9-16(10-14(2)20(13)31-23(3,4)21(27)28)15-7-8-26(12-15)22(29)30-19-6-5-17(24)11-18(19)25;1-10-8-4-2-7(6-9)3-5-8/h5-6,9-11,15H,7-8,12H2,1-4H3,(H,27,28);2-6H,1H3. The van der Waals surface area contributed by atoms with Gasteiger partial charge in [-0.2, -0.15) is 0 Å². The molecule has 0 radical (unpaired) electrons. The van der Waals surface area contributed by atoms with Crippen LogP contribution in [0.2, 0.25) is 5.02 Å². The minimum Gasteiger partial charge on any atom is -0.478 e. The minimum atomic E-state index is -1.35. The highest BCUT2D eigenvalue weighted by atomic mass is 35.5. The van der Waals surface area contributed by atoms with Crippen LogP contribution in [0.5, 0.6) is 11.5 Å². The largest absolute Gasteiger partial charge is 0.478 e. The number of thioether (sulfide) groups is 1. The van der Waals surface area contributed by atoms with E-state index < -0.39 is 23.5 Å². The lowest BCUT2D eigenvalue weighted by atomic mass is 9.94. The number of carboxylic acids is 1. The summed E-state index contributed by atoms with van der Waals surface area (Å²) in [5.41, 5.74) is 2.07. The first kappa shape index (κ1) is 32.0. The maximum atomic E-state index is 13.9. The number of benzene rings is 3. The molecule has 41 heavy (non-hydrogen) atoms. The Bertz CT molecular complexity index is 1390. The van der Waals surface area contributed by atoms with Crippen molar-refractivity contribution in [1.82, 2.24) is 4.90 Å². The van der Waals surface area contributed by atoms with Crippen LogP contribution in [0.15, 0.2) is 59.5 Å². The monoisotopic (exact) mass is 601 g/mol. The fourth-order valence-corrected chi connectivity index (χ4v) is 4.84. The van der Waals surface area contributed by atoms with Gasteiger partial charge in [-0.1, -0.05) is 35.9 Å². The zero-order valence-corrected chi connectivity index (χ0v) is 25.1. The van der Waals surface area contributed by atoms with E-state index in [1.54, 1.807) is 16.7 Å². The predicted octanol–water partition coefficient (Wildman–Crippen LogP) is 7.55. The SMILES string of the molecule is CSc1ccc(C=O)cc1.Cc1cc(C2CCN(C(=O)Oc3ccc(Cl)cc3F)C2)cc(C)c1OC(C)(C)C(=O)O. The number of ether oxygens (including phenoxy) is 2. The van der Waals surface area contributed by atoms with Crippen molar-refractivity contribution in [2.24, 2.45) is 0 Å². The number of amides is 1. The van der Waals surface area contributed by atoms with E-state index in [1.165, 1.54) is 30.9 Å². The van der Waals surface area contributed by atoms with Gasteiger partial charge in [0.05, 0.1) is 0 Å². The Labute approximate surface area is 248 Å². The summed E-state index contributed by atoms with van der Waals surface area (Å²) in [5, 5.41) is 9.55. The van der Waals surface area contributed by atoms with Crippen molar-refractivity contribution in [1.29, 1.82) is 0 Å². The van der Waals surface area contributed by atoms with Crippen LogP contribution >= 0.6 is 23.4 Å². The second-order valence-electron chi connectivity index (χ2n) is 10.2. The average molecular weight is 602 g/mol. The molecule has 4 rings (SSSR count). The molecule has 1 amide bonds. The number of halogens is 2. The van der Waals surface area contributed by atoms with Crippen LogP contribution in [0.3, 0.4) is 0 Å². The Morgan fingerprint density at radius 3 is 2.27 bits per heavy atom. The molecule has 3 aromatic carbocycles. The highest BCUT2D eigenvalue weighted by Crippen LogP contribution is 2.35. The molecule has 1 aliphatic rings. The number of rotatable bonds is 7. The number of carbonyl (C=O) groups excluding carboxylic acids is 2. The number of aliphatic carboxylic acids is 1. The number of nitrogens with zero attached hydrogens (tertiary/aromatic N) is 1. The number of aldehydes is 1. The fraction of sp³-hybridized carbons (Fsp3) is 0.323. The molecule has 218 valence electrons. The van der Waals surface area contributed by atoms with Gasteiger partial charge in [-0.3, -0.25) is 4.79 Å². The molecule has 1 heterocycles. The number of carbonyl (C=O) groups is 3. The van der Waals surface area contributed by atoms with Gasteiger partial charge in [0.1, 0.15) is 12.0 Å². The molecule has 10 heteroatoms. The molecule has 3 aromatic rings. The third-order valence-electron chi connectivity index (χ3n) is 6.62. The molecule has 1 aliphatic heterocycles. The van der Waals surface area contributed by atoms with E-state index in [1.807, 2.05) is 56.5 Å². The Kier molecular flexibility index (Phi) is 10.8. The van der Waals surface area contributed by atoms with Gasteiger partial charge in [0.15, 0.2) is 17.2 Å². The van der Waals surface area contributed by atoms with Gasteiger partial charge in [0.2, 0.25) is 0 Å². The van der Waals surface area contributed by atoms with E-state index in [4.69, 9.17) is 21.1 Å². The Hall–Kier alpha value is -3.56. The quantitative estimate of drug-likeness (QED) is 0.221. The van der Waals surface area contributed by atoms with Crippen LogP contribution in [-0.4, -0.2) is 53.3 Å². The summed E-state index contributed by atoms with van der Waals surface area (Å²) in [7, 11) is 0. The normalized spacial score (nSPS) is 14.6. The first-order chi connectivity index (χ1) is 19.3. The first-order valence-corrected chi connectivity index (χ1v) is 14.5. The van der Waals surface area contributed by atoms with E-state index in [0.29, 0.717) is 18.8 Å². The minimum absolute atomic E-state index is 0.0848. The van der Waals surface area contributed by atoms with Gasteiger partial charge in [-0.25, -0.2) is 14.0 Å². The van der Waals surface area contributed by atoms with Crippen molar-refractivity contribution in [3.8, 4) is 11.5 Å². The van der Waals surface area contributed by atoms with Crippen LogP contribution in [-0.2, 0) is 4.79 Å². The molecule has 0 aliphatic carbocycles. The van der Waals surface area contributed by atoms with E-state index in [-0.39, 0.29) is 16.7 Å². The topological polar surface area (TPSA) is 93.1 Å². The molecule has 1 unspecified atom stereocenters. The highest BCUT2D eigenvalue weighted by Gasteiger charge is 2.32. The lowest BCUT2D eigenvalue weighted by Gasteiger charge is -2.25. The van der Waals surface area contributed by atoms with Gasteiger partial charge in [0.25, 0.3) is 0 Å². The summed E-state index contributed by atoms with van der Waals surface area (Å²) in [6.07, 6.45) is 2.98. The highest BCUT2D eigenvalue weighted by molar-refractivity contribution is 7.98. The second kappa shape index (κ2) is 13.9. The van der Waals surface area contributed by atoms with Crippen molar-refractivity contribution in [2.45, 2.75) is 50.5 Å². The summed E-state index contributed by atoms with van der Waals surface area (Å²) in [6, 6.07) is 15.3. The molecule has 1 fully saturated rings. The summed E-state index contributed by atoms with van der Waals surface area (Å²) in [6.45, 7) is 7.68. The summed E-state index contributed by atoms with van der Waals surface area (Å²) < 4.78 is 24.9. The number of hydrogen-bond donors (Lipinski definition) is 1. The van der Waals surface area contributed by atoms with Gasteiger partial charge in [-0.05, 0) is 87.4 Å². The van der Waals surface area contributed by atoms with E-state index in [0.717, 1.165) is 41.0 Å².